The molecule has 7 heteroatoms. The summed E-state index contributed by atoms with van der Waals surface area (Å²) in [5.74, 6) is 1.05. The molecule has 1 aromatic carbocycles. The molecule has 1 amide bonds. The Labute approximate surface area is 127 Å². The second kappa shape index (κ2) is 6.41. The van der Waals surface area contributed by atoms with Gasteiger partial charge in [-0.2, -0.15) is 0 Å². The van der Waals surface area contributed by atoms with Crippen LogP contribution in [0.25, 0.3) is 0 Å². The van der Waals surface area contributed by atoms with Gasteiger partial charge in [0.05, 0.1) is 26.4 Å². The maximum Gasteiger partial charge on any atom is 0.272 e. The van der Waals surface area contributed by atoms with Crippen LogP contribution in [-0.2, 0) is 0 Å². The number of ether oxygens (including phenoxy) is 3. The molecule has 21 heavy (non-hydrogen) atoms. The average molecular weight is 311 g/mol. The van der Waals surface area contributed by atoms with E-state index in [1.54, 1.807) is 12.1 Å². The van der Waals surface area contributed by atoms with Crippen molar-refractivity contribution < 1.29 is 19.0 Å². The second-order valence-electron chi connectivity index (χ2n) is 4.10. The summed E-state index contributed by atoms with van der Waals surface area (Å²) in [6, 6.07) is 4.82. The fourth-order valence-electron chi connectivity index (χ4n) is 1.85. The molecule has 0 spiro atoms. The lowest BCUT2D eigenvalue weighted by Gasteiger charge is -2.14. The van der Waals surface area contributed by atoms with Crippen LogP contribution >= 0.6 is 11.6 Å². The minimum Gasteiger partial charge on any atom is -0.493 e. The normalized spacial score (nSPS) is 10.1. The number of aromatic amines is 1. The molecule has 0 bridgehead atoms. The van der Waals surface area contributed by atoms with Crippen LogP contribution in [0.3, 0.4) is 0 Å². The van der Waals surface area contributed by atoms with Crippen molar-refractivity contribution in [3.8, 4) is 17.2 Å². The van der Waals surface area contributed by atoms with Gasteiger partial charge in [0.1, 0.15) is 5.69 Å². The number of methoxy groups -OCH3 is 3. The number of hydrogen-bond acceptors (Lipinski definition) is 4. The van der Waals surface area contributed by atoms with Gasteiger partial charge in [0.15, 0.2) is 11.5 Å². The smallest absolute Gasteiger partial charge is 0.272 e. The van der Waals surface area contributed by atoms with Gasteiger partial charge < -0.3 is 24.5 Å². The minimum atomic E-state index is -0.323. The summed E-state index contributed by atoms with van der Waals surface area (Å²) in [7, 11) is 4.53. The second-order valence-corrected chi connectivity index (χ2v) is 4.54. The molecule has 112 valence electrons. The van der Waals surface area contributed by atoms with Crippen LogP contribution < -0.4 is 19.5 Å². The number of carbonyl (C=O) groups excluding carboxylic acids is 1. The Morgan fingerprint density at radius 1 is 1.10 bits per heavy atom. The molecule has 0 saturated heterocycles. The van der Waals surface area contributed by atoms with E-state index < -0.39 is 0 Å². The molecule has 0 aliphatic carbocycles. The van der Waals surface area contributed by atoms with Crippen molar-refractivity contribution in [3.63, 3.8) is 0 Å². The minimum absolute atomic E-state index is 0.323. The Kier molecular flexibility index (Phi) is 4.59. The van der Waals surface area contributed by atoms with Crippen LogP contribution in [0.5, 0.6) is 17.2 Å². The first-order valence-corrected chi connectivity index (χ1v) is 6.42. The predicted octanol–water partition coefficient (Wildman–Crippen LogP) is 2.95. The van der Waals surface area contributed by atoms with Gasteiger partial charge in [-0.15, -0.1) is 0 Å². The zero-order chi connectivity index (χ0) is 15.4. The van der Waals surface area contributed by atoms with E-state index in [9.17, 15) is 4.79 Å². The van der Waals surface area contributed by atoms with E-state index >= 15 is 0 Å². The first-order chi connectivity index (χ1) is 10.1. The number of nitrogens with one attached hydrogen (secondary N) is 2. The van der Waals surface area contributed by atoms with Gasteiger partial charge in [0.25, 0.3) is 5.91 Å². The van der Waals surface area contributed by atoms with Crippen molar-refractivity contribution in [2.45, 2.75) is 0 Å². The van der Waals surface area contributed by atoms with Gasteiger partial charge in [-0.3, -0.25) is 4.79 Å². The third-order valence-corrected chi connectivity index (χ3v) is 3.03. The van der Waals surface area contributed by atoms with Crippen LogP contribution in [0.1, 0.15) is 10.5 Å². The first kappa shape index (κ1) is 15.1. The van der Waals surface area contributed by atoms with Crippen molar-refractivity contribution in [2.24, 2.45) is 0 Å². The maximum absolute atomic E-state index is 12.1. The van der Waals surface area contributed by atoms with E-state index in [1.807, 2.05) is 0 Å². The standard InChI is InChI=1S/C14H15ClN2O4/c1-19-11-5-9(6-12(20-2)13(11)21-3)17-14(18)10-4-8(15)7-16-10/h4-7,16H,1-3H3,(H,17,18). The van der Waals surface area contributed by atoms with E-state index in [0.29, 0.717) is 33.7 Å². The molecule has 0 radical (unpaired) electrons. The molecular formula is C14H15ClN2O4. The highest BCUT2D eigenvalue weighted by molar-refractivity contribution is 6.31. The fourth-order valence-corrected chi connectivity index (χ4v) is 2.01. The van der Waals surface area contributed by atoms with Gasteiger partial charge in [-0.25, -0.2) is 0 Å². The molecule has 0 atom stereocenters. The number of benzene rings is 1. The number of carbonyl (C=O) groups is 1. The molecule has 0 fully saturated rings. The molecule has 0 saturated carbocycles. The lowest BCUT2D eigenvalue weighted by atomic mass is 10.2. The van der Waals surface area contributed by atoms with Gasteiger partial charge in [-0.05, 0) is 6.07 Å². The van der Waals surface area contributed by atoms with Crippen LogP contribution in [0.15, 0.2) is 24.4 Å². The molecule has 0 aliphatic heterocycles. The summed E-state index contributed by atoms with van der Waals surface area (Å²) in [4.78, 5) is 14.8. The Balaban J connectivity index is 2.29. The zero-order valence-electron chi connectivity index (χ0n) is 11.8. The number of anilines is 1. The Bertz CT molecular complexity index is 629. The lowest BCUT2D eigenvalue weighted by molar-refractivity contribution is 0.102. The SMILES string of the molecule is COc1cc(NC(=O)c2cc(Cl)c[nH]2)cc(OC)c1OC. The molecule has 0 aliphatic rings. The summed E-state index contributed by atoms with van der Waals surface area (Å²) >= 11 is 5.77. The van der Waals surface area contributed by atoms with E-state index in [0.717, 1.165) is 0 Å². The third kappa shape index (κ3) is 3.22. The highest BCUT2D eigenvalue weighted by atomic mass is 35.5. The van der Waals surface area contributed by atoms with Crippen LogP contribution in [0, 0.1) is 0 Å². The highest BCUT2D eigenvalue weighted by Crippen LogP contribution is 2.39. The highest BCUT2D eigenvalue weighted by Gasteiger charge is 2.15. The topological polar surface area (TPSA) is 72.6 Å². The largest absolute Gasteiger partial charge is 0.493 e. The molecule has 6 nitrogen and oxygen atoms in total. The molecule has 1 aromatic heterocycles. The molecule has 2 N–H and O–H groups in total. The maximum atomic E-state index is 12.1. The monoisotopic (exact) mass is 310 g/mol. The van der Waals surface area contributed by atoms with E-state index in [2.05, 4.69) is 10.3 Å². The van der Waals surface area contributed by atoms with Crippen molar-refractivity contribution in [1.29, 1.82) is 0 Å². The van der Waals surface area contributed by atoms with Gasteiger partial charge >= 0.3 is 0 Å². The van der Waals surface area contributed by atoms with E-state index in [4.69, 9.17) is 25.8 Å². The molecule has 2 aromatic rings. The van der Waals surface area contributed by atoms with Gasteiger partial charge in [-0.1, -0.05) is 11.6 Å². The Morgan fingerprint density at radius 2 is 1.71 bits per heavy atom. The van der Waals surface area contributed by atoms with Crippen molar-refractivity contribution in [1.82, 2.24) is 4.98 Å². The number of rotatable bonds is 5. The first-order valence-electron chi connectivity index (χ1n) is 6.04. The van der Waals surface area contributed by atoms with Gasteiger partial charge in [0.2, 0.25) is 5.75 Å². The average Bonchev–Trinajstić information content (AvgIpc) is 2.92. The zero-order valence-corrected chi connectivity index (χ0v) is 12.6. The Morgan fingerprint density at radius 3 is 2.14 bits per heavy atom. The lowest BCUT2D eigenvalue weighted by Crippen LogP contribution is -2.12. The number of amides is 1. The van der Waals surface area contributed by atoms with E-state index in [1.165, 1.54) is 33.6 Å². The summed E-state index contributed by atoms with van der Waals surface area (Å²) in [5.41, 5.74) is 0.869. The predicted molar refractivity (Wildman–Crippen MR) is 79.9 cm³/mol. The van der Waals surface area contributed by atoms with Crippen LogP contribution in [-0.4, -0.2) is 32.2 Å². The summed E-state index contributed by atoms with van der Waals surface area (Å²) in [6.45, 7) is 0. The summed E-state index contributed by atoms with van der Waals surface area (Å²) in [5, 5.41) is 3.19. The van der Waals surface area contributed by atoms with Crippen molar-refractivity contribution in [3.05, 3.63) is 35.1 Å². The summed E-state index contributed by atoms with van der Waals surface area (Å²) in [6.07, 6.45) is 1.53. The third-order valence-electron chi connectivity index (χ3n) is 2.82. The fraction of sp³-hybridized carbons (Fsp3) is 0.214. The van der Waals surface area contributed by atoms with Gasteiger partial charge in [0, 0.05) is 24.0 Å². The number of H-pyrrole nitrogens is 1. The molecule has 2 rings (SSSR count). The number of halogens is 1. The van der Waals surface area contributed by atoms with E-state index in [-0.39, 0.29) is 5.91 Å². The number of hydrogen-bond donors (Lipinski definition) is 2. The van der Waals surface area contributed by atoms with Crippen LogP contribution in [0.4, 0.5) is 5.69 Å². The number of aromatic nitrogens is 1. The Hall–Kier alpha value is -2.34. The molecular weight excluding hydrogens is 296 g/mol. The summed E-state index contributed by atoms with van der Waals surface area (Å²) < 4.78 is 15.7. The molecule has 1 heterocycles. The van der Waals surface area contributed by atoms with Crippen molar-refractivity contribution in [2.75, 3.05) is 26.6 Å². The van der Waals surface area contributed by atoms with Crippen molar-refractivity contribution >= 4 is 23.2 Å². The molecule has 0 unspecified atom stereocenters. The van der Waals surface area contributed by atoms with Crippen LogP contribution in [0.2, 0.25) is 5.02 Å². The quantitative estimate of drug-likeness (QED) is 0.890.